The molecule has 1 aliphatic heterocycles. The molecule has 0 spiro atoms. The summed E-state index contributed by atoms with van der Waals surface area (Å²) in [4.78, 5) is 29.0. The van der Waals surface area contributed by atoms with Crippen LogP contribution in [0.1, 0.15) is 11.8 Å². The summed E-state index contributed by atoms with van der Waals surface area (Å²) in [6.07, 6.45) is -2.51. The molecule has 1 saturated heterocycles. The van der Waals surface area contributed by atoms with Crippen molar-refractivity contribution in [2.24, 2.45) is 5.11 Å². The molecule has 15 heteroatoms. The number of nitrogens with zero attached hydrogens (tertiary/aromatic N) is 4. The summed E-state index contributed by atoms with van der Waals surface area (Å²) < 4.78 is 45.7. The molecule has 0 bridgehead atoms. The number of hydrogen-bond acceptors (Lipinski definition) is 10. The first-order chi connectivity index (χ1) is 16.0. The Hall–Kier alpha value is -3.36. The molecule has 4 atom stereocenters. The molecule has 1 aromatic carbocycles. The molecule has 0 saturated carbocycles. The zero-order chi connectivity index (χ0) is 25.1. The molecular formula is C19H23N5O9S. The average Bonchev–Trinajstić information content (AvgIpc) is 3.05. The summed E-state index contributed by atoms with van der Waals surface area (Å²) >= 11 is 0. The maximum atomic E-state index is 12.4. The number of nitrogens with one attached hydrogen (secondary N) is 1. The van der Waals surface area contributed by atoms with Crippen molar-refractivity contribution in [3.05, 3.63) is 67.3 Å². The molecule has 1 fully saturated rings. The SMILES string of the molecule is COc1ccc(OC[C@H]2O[C@H](n3cc(C)c(=O)[nH]c3=O)[C@@H](O)[C@]2(COS(C)(=O)=O)N=[N+]=[N-])cc1. The first-order valence-electron chi connectivity index (χ1n) is 9.84. The van der Waals surface area contributed by atoms with E-state index in [1.807, 2.05) is 0 Å². The summed E-state index contributed by atoms with van der Waals surface area (Å²) in [6, 6.07) is 6.47. The minimum Gasteiger partial charge on any atom is -0.497 e. The third-order valence-corrected chi connectivity index (χ3v) is 5.81. The number of ether oxygens (including phenoxy) is 3. The molecule has 34 heavy (non-hydrogen) atoms. The van der Waals surface area contributed by atoms with Crippen LogP contribution in [0.4, 0.5) is 0 Å². The number of aryl methyl sites for hydroxylation is 1. The number of H-pyrrole nitrogens is 1. The van der Waals surface area contributed by atoms with E-state index in [1.165, 1.54) is 20.2 Å². The molecule has 0 unspecified atom stereocenters. The van der Waals surface area contributed by atoms with Crippen LogP contribution in [-0.2, 0) is 19.0 Å². The Bertz CT molecular complexity index is 1300. The number of aromatic nitrogens is 2. The van der Waals surface area contributed by atoms with E-state index in [9.17, 15) is 28.6 Å². The molecule has 2 heterocycles. The topological polar surface area (TPSA) is 195 Å². The van der Waals surface area contributed by atoms with Crippen molar-refractivity contribution >= 4 is 10.1 Å². The zero-order valence-electron chi connectivity index (χ0n) is 18.4. The van der Waals surface area contributed by atoms with Gasteiger partial charge in [0.05, 0.1) is 20.0 Å². The zero-order valence-corrected chi connectivity index (χ0v) is 19.3. The van der Waals surface area contributed by atoms with Crippen LogP contribution in [0.3, 0.4) is 0 Å². The van der Waals surface area contributed by atoms with E-state index in [-0.39, 0.29) is 12.2 Å². The van der Waals surface area contributed by atoms with Crippen LogP contribution in [0.2, 0.25) is 0 Å². The van der Waals surface area contributed by atoms with Gasteiger partial charge in [-0.1, -0.05) is 5.11 Å². The Morgan fingerprint density at radius 1 is 1.29 bits per heavy atom. The van der Waals surface area contributed by atoms with Gasteiger partial charge in [0.1, 0.15) is 35.9 Å². The summed E-state index contributed by atoms with van der Waals surface area (Å²) in [6.45, 7) is 0.332. The molecule has 1 aliphatic rings. The van der Waals surface area contributed by atoms with Crippen molar-refractivity contribution in [1.29, 1.82) is 0 Å². The van der Waals surface area contributed by atoms with Gasteiger partial charge in [0.15, 0.2) is 6.23 Å². The van der Waals surface area contributed by atoms with Gasteiger partial charge in [0, 0.05) is 16.7 Å². The van der Waals surface area contributed by atoms with Gasteiger partial charge in [-0.05, 0) is 36.7 Å². The Kier molecular flexibility index (Phi) is 7.33. The van der Waals surface area contributed by atoms with E-state index in [1.54, 1.807) is 24.3 Å². The highest BCUT2D eigenvalue weighted by Gasteiger charge is 2.58. The number of aliphatic hydroxyl groups excluding tert-OH is 1. The minimum absolute atomic E-state index is 0.148. The van der Waals surface area contributed by atoms with Crippen LogP contribution in [0.5, 0.6) is 11.5 Å². The minimum atomic E-state index is -4.01. The van der Waals surface area contributed by atoms with Crippen molar-refractivity contribution in [2.45, 2.75) is 30.9 Å². The molecule has 184 valence electrons. The van der Waals surface area contributed by atoms with E-state index in [2.05, 4.69) is 15.0 Å². The number of hydrogen-bond donors (Lipinski definition) is 2. The number of aliphatic hydroxyl groups is 1. The van der Waals surface area contributed by atoms with Crippen LogP contribution in [0, 0.1) is 6.92 Å². The lowest BCUT2D eigenvalue weighted by Gasteiger charge is -2.30. The first kappa shape index (κ1) is 25.3. The number of benzene rings is 1. The van der Waals surface area contributed by atoms with Crippen molar-refractivity contribution in [1.82, 2.24) is 9.55 Å². The van der Waals surface area contributed by atoms with Gasteiger partial charge in [0.25, 0.3) is 15.7 Å². The van der Waals surface area contributed by atoms with Crippen LogP contribution < -0.4 is 20.7 Å². The molecule has 0 radical (unpaired) electrons. The maximum absolute atomic E-state index is 12.4. The molecule has 14 nitrogen and oxygen atoms in total. The van der Waals surface area contributed by atoms with Gasteiger partial charge < -0.3 is 19.3 Å². The van der Waals surface area contributed by atoms with E-state index in [0.717, 1.165) is 10.8 Å². The van der Waals surface area contributed by atoms with Crippen molar-refractivity contribution < 1.29 is 31.9 Å². The van der Waals surface area contributed by atoms with E-state index < -0.39 is 51.9 Å². The Morgan fingerprint density at radius 3 is 2.53 bits per heavy atom. The normalized spacial score (nSPS) is 24.4. The highest BCUT2D eigenvalue weighted by molar-refractivity contribution is 7.85. The lowest BCUT2D eigenvalue weighted by Crippen LogP contribution is -2.52. The Balaban J connectivity index is 2.01. The van der Waals surface area contributed by atoms with Crippen LogP contribution in [0.15, 0.2) is 45.2 Å². The summed E-state index contributed by atoms with van der Waals surface area (Å²) in [7, 11) is -2.51. The molecule has 2 aromatic rings. The second-order valence-electron chi connectivity index (χ2n) is 7.57. The fourth-order valence-electron chi connectivity index (χ4n) is 3.43. The van der Waals surface area contributed by atoms with Gasteiger partial charge in [-0.2, -0.15) is 8.42 Å². The molecular weight excluding hydrogens is 474 g/mol. The number of azide groups is 1. The predicted molar refractivity (Wildman–Crippen MR) is 117 cm³/mol. The maximum Gasteiger partial charge on any atom is 0.330 e. The summed E-state index contributed by atoms with van der Waals surface area (Å²) in [5.41, 5.74) is 5.83. The van der Waals surface area contributed by atoms with E-state index in [0.29, 0.717) is 11.5 Å². The molecule has 0 aliphatic carbocycles. The first-order valence-corrected chi connectivity index (χ1v) is 11.7. The van der Waals surface area contributed by atoms with Crippen LogP contribution >= 0.6 is 0 Å². The van der Waals surface area contributed by atoms with Crippen molar-refractivity contribution in [3.63, 3.8) is 0 Å². The van der Waals surface area contributed by atoms with E-state index >= 15 is 0 Å². The quantitative estimate of drug-likeness (QED) is 0.211. The van der Waals surface area contributed by atoms with Crippen LogP contribution in [-0.4, -0.2) is 67.4 Å². The highest BCUT2D eigenvalue weighted by Crippen LogP contribution is 2.40. The van der Waals surface area contributed by atoms with Crippen LogP contribution in [0.25, 0.3) is 10.4 Å². The summed E-state index contributed by atoms with van der Waals surface area (Å²) in [5, 5.41) is 14.7. The lowest BCUT2D eigenvalue weighted by atomic mass is 9.90. The lowest BCUT2D eigenvalue weighted by molar-refractivity contribution is -0.0511. The monoisotopic (exact) mass is 497 g/mol. The third kappa shape index (κ3) is 5.24. The predicted octanol–water partition coefficient (Wildman–Crippen LogP) is 0.216. The fourth-order valence-corrected chi connectivity index (χ4v) is 3.84. The average molecular weight is 497 g/mol. The third-order valence-electron chi connectivity index (χ3n) is 5.26. The number of rotatable bonds is 9. The van der Waals surface area contributed by atoms with Gasteiger partial charge in [-0.25, -0.2) is 4.79 Å². The molecule has 3 rings (SSSR count). The standard InChI is InChI=1S/C19H23N5O9S/c1-11-8-24(18(27)21-16(11)26)17-15(25)19(22-23-20,10-32-34(3,28)29)14(33-17)9-31-13-6-4-12(30-2)5-7-13/h4-8,14-15,17,25H,9-10H2,1-3H3,(H,21,26,27)/t14-,15-,17+,19-/m1/s1. The number of methoxy groups -OCH3 is 1. The van der Waals surface area contributed by atoms with Gasteiger partial charge in [-0.15, -0.1) is 0 Å². The molecule has 0 amide bonds. The van der Waals surface area contributed by atoms with Crippen molar-refractivity contribution in [2.75, 3.05) is 26.6 Å². The molecule has 1 aromatic heterocycles. The van der Waals surface area contributed by atoms with Crippen molar-refractivity contribution in [3.8, 4) is 11.5 Å². The number of aromatic amines is 1. The molecule has 2 N–H and O–H groups in total. The smallest absolute Gasteiger partial charge is 0.330 e. The second kappa shape index (κ2) is 9.87. The fraction of sp³-hybridized carbons (Fsp3) is 0.474. The van der Waals surface area contributed by atoms with Gasteiger partial charge in [-0.3, -0.25) is 18.5 Å². The van der Waals surface area contributed by atoms with Gasteiger partial charge in [0.2, 0.25) is 0 Å². The van der Waals surface area contributed by atoms with E-state index in [4.69, 9.17) is 18.4 Å². The highest BCUT2D eigenvalue weighted by atomic mass is 32.2. The Morgan fingerprint density at radius 2 is 1.94 bits per heavy atom. The van der Waals surface area contributed by atoms with Gasteiger partial charge >= 0.3 is 5.69 Å². The largest absolute Gasteiger partial charge is 0.497 e. The summed E-state index contributed by atoms with van der Waals surface area (Å²) in [5.74, 6) is 0.955. The second-order valence-corrected chi connectivity index (χ2v) is 9.22. The Labute approximate surface area is 193 Å².